The summed E-state index contributed by atoms with van der Waals surface area (Å²) in [6.07, 6.45) is 1.42. The molecule has 4 bridgehead atoms. The van der Waals surface area contributed by atoms with E-state index in [1.165, 1.54) is 19.1 Å². The van der Waals surface area contributed by atoms with Gasteiger partial charge in [0.15, 0.2) is 5.72 Å². The number of anilines is 1. The van der Waals surface area contributed by atoms with Gasteiger partial charge in [0.05, 0.1) is 30.9 Å². The summed E-state index contributed by atoms with van der Waals surface area (Å²) in [5, 5.41) is 14.4. The number of amides is 2. The minimum absolute atomic E-state index is 0.0122. The van der Waals surface area contributed by atoms with E-state index < -0.39 is 53.7 Å². The number of ether oxygens (including phenoxy) is 5. The molecule has 2 aromatic carbocycles. The third-order valence-corrected chi connectivity index (χ3v) is 9.59. The van der Waals surface area contributed by atoms with Gasteiger partial charge < -0.3 is 33.7 Å². The number of nitrogens with one attached hydrogen (secondary N) is 1. The minimum Gasteiger partial charge on any atom is -0.495 e. The maximum absolute atomic E-state index is 14.0. The predicted molar refractivity (Wildman–Crippen MR) is 174 cm³/mol. The van der Waals surface area contributed by atoms with E-state index in [2.05, 4.69) is 5.32 Å². The van der Waals surface area contributed by atoms with Crippen LogP contribution in [0.15, 0.2) is 66.3 Å². The molecular weight excluding hydrogens is 628 g/mol. The second kappa shape index (κ2) is 13.7. The molecule has 2 N–H and O–H groups in total. The normalized spacial score (nSPS) is 33.0. The molecule has 2 amide bonds. The number of methoxy groups -OCH3 is 2. The summed E-state index contributed by atoms with van der Waals surface area (Å²) in [6.45, 7) is 5.52. The monoisotopic (exact) mass is 668 g/mol. The van der Waals surface area contributed by atoms with E-state index in [-0.39, 0.29) is 23.8 Å². The second-order valence-corrected chi connectivity index (χ2v) is 12.9. The van der Waals surface area contributed by atoms with Crippen LogP contribution in [0.1, 0.15) is 49.5 Å². The van der Waals surface area contributed by atoms with Gasteiger partial charge in [0.1, 0.15) is 34.7 Å². The van der Waals surface area contributed by atoms with E-state index in [1.54, 1.807) is 56.5 Å². The number of hydrogen-bond donors (Lipinski definition) is 2. The molecule has 0 radical (unpaired) electrons. The van der Waals surface area contributed by atoms with Crippen molar-refractivity contribution in [2.45, 2.75) is 75.8 Å². The molecule has 11 nitrogen and oxygen atoms in total. The van der Waals surface area contributed by atoms with Crippen molar-refractivity contribution < 1.29 is 43.2 Å². The van der Waals surface area contributed by atoms with Gasteiger partial charge >= 0.3 is 12.1 Å². The number of halogens is 1. The van der Waals surface area contributed by atoms with Crippen molar-refractivity contribution in [1.82, 2.24) is 5.32 Å². The number of nitrogens with zero attached hydrogens (tertiary/aromatic N) is 1. The molecule has 3 aliphatic heterocycles. The summed E-state index contributed by atoms with van der Waals surface area (Å²) in [6, 6.07) is 12.1. The number of alkyl carbamates (subject to hydrolysis) is 1. The lowest BCUT2D eigenvalue weighted by Crippen LogP contribution is -2.63. The van der Waals surface area contributed by atoms with Crippen LogP contribution in [0, 0.1) is 5.92 Å². The molecule has 7 atom stereocenters. The van der Waals surface area contributed by atoms with E-state index in [1.807, 2.05) is 32.1 Å². The van der Waals surface area contributed by atoms with Gasteiger partial charge in [-0.1, -0.05) is 60.5 Å². The van der Waals surface area contributed by atoms with Crippen LogP contribution in [0.25, 0.3) is 0 Å². The molecule has 0 saturated carbocycles. The molecule has 47 heavy (non-hydrogen) atoms. The molecule has 252 valence electrons. The van der Waals surface area contributed by atoms with Gasteiger partial charge in [-0.2, -0.15) is 0 Å². The van der Waals surface area contributed by atoms with E-state index in [0.29, 0.717) is 23.4 Å². The molecule has 3 heterocycles. The largest absolute Gasteiger partial charge is 0.495 e. The maximum Gasteiger partial charge on any atom is 0.409 e. The quantitative estimate of drug-likeness (QED) is 0.341. The number of benzene rings is 2. The Morgan fingerprint density at radius 3 is 2.57 bits per heavy atom. The summed E-state index contributed by atoms with van der Waals surface area (Å²) in [7, 11) is 4.55. The van der Waals surface area contributed by atoms with Gasteiger partial charge in [-0.05, 0) is 50.1 Å². The second-order valence-electron chi connectivity index (χ2n) is 12.6. The number of allylic oxidation sites excluding steroid dienone is 3. The Bertz CT molecular complexity index is 1580. The van der Waals surface area contributed by atoms with Gasteiger partial charge in [0.25, 0.3) is 0 Å². The van der Waals surface area contributed by atoms with Crippen molar-refractivity contribution in [2.75, 3.05) is 26.2 Å². The first-order chi connectivity index (χ1) is 22.3. The van der Waals surface area contributed by atoms with E-state index in [4.69, 9.17) is 35.3 Å². The van der Waals surface area contributed by atoms with Crippen LogP contribution < -0.4 is 15.0 Å². The molecule has 0 aliphatic carbocycles. The van der Waals surface area contributed by atoms with Gasteiger partial charge in [0.2, 0.25) is 5.91 Å². The van der Waals surface area contributed by atoms with Crippen LogP contribution in [-0.2, 0) is 30.2 Å². The zero-order valence-electron chi connectivity index (χ0n) is 27.3. The van der Waals surface area contributed by atoms with Crippen LogP contribution >= 0.6 is 11.6 Å². The Hall–Kier alpha value is -3.90. The van der Waals surface area contributed by atoms with Crippen molar-refractivity contribution in [3.8, 4) is 5.75 Å². The Morgan fingerprint density at radius 2 is 1.89 bits per heavy atom. The molecule has 0 aromatic heterocycles. The summed E-state index contributed by atoms with van der Waals surface area (Å²) in [4.78, 5) is 41.4. The number of carbonyl (C=O) groups is 3. The third kappa shape index (κ3) is 7.18. The number of carbonyl (C=O) groups excluding carboxylic acids is 3. The first kappa shape index (κ1) is 34.4. The summed E-state index contributed by atoms with van der Waals surface area (Å²) < 4.78 is 29.0. The van der Waals surface area contributed by atoms with Gasteiger partial charge in [-0.15, -0.1) is 0 Å². The van der Waals surface area contributed by atoms with Crippen LogP contribution in [-0.4, -0.2) is 80.1 Å². The number of fused-ring (bicyclic) bond motifs is 5. The van der Waals surface area contributed by atoms with Gasteiger partial charge in [-0.3, -0.25) is 10.1 Å². The SMILES string of the molecule is COc1cc2cc(c1Cl)N(C)C(=O)C[C@H](OC(=O)c1ccccc1)[C@@]1(C)O[C@H]1[C@H](C)[C@@H]1C[C@@](O)(NC(=O)O1)[C@H](OC)/C=C/C=C(\C)C2. The molecule has 0 unspecified atom stereocenters. The summed E-state index contributed by atoms with van der Waals surface area (Å²) >= 11 is 6.72. The average molecular weight is 669 g/mol. The van der Waals surface area contributed by atoms with E-state index in [9.17, 15) is 19.5 Å². The maximum atomic E-state index is 14.0. The lowest BCUT2D eigenvalue weighted by Gasteiger charge is -2.42. The van der Waals surface area contributed by atoms with E-state index in [0.717, 1.165) is 11.1 Å². The molecule has 0 spiro atoms. The summed E-state index contributed by atoms with van der Waals surface area (Å²) in [5.41, 5.74) is -0.375. The Labute approximate surface area is 279 Å². The standard InChI is InChI=1S/C35H41ClN2O9/c1-20-11-10-14-27(44-6)35(42)19-26(45-33(41)37-35)21(2)31-34(3,47-31)28(46-32(40)23-12-8-7-9-13-23)18-29(39)38(4)24-16-22(15-20)17-25(43-5)30(24)36/h7-14,16-17,21,26-28,31,42H,15,18-19H2,1-6H3,(H,37,41)/b14-10+,20-11+/t21-,26+,27-,28+,31+,34-,35+/m1/s1. The Morgan fingerprint density at radius 1 is 1.17 bits per heavy atom. The van der Waals surface area contributed by atoms with Crippen molar-refractivity contribution in [2.24, 2.45) is 5.92 Å². The van der Waals surface area contributed by atoms with Gasteiger partial charge in [0, 0.05) is 26.5 Å². The van der Waals surface area contributed by atoms with E-state index >= 15 is 0 Å². The number of rotatable bonds is 4. The Balaban J connectivity index is 1.57. The molecule has 2 fully saturated rings. The topological polar surface area (TPSA) is 136 Å². The highest BCUT2D eigenvalue weighted by Crippen LogP contribution is 2.49. The highest BCUT2D eigenvalue weighted by molar-refractivity contribution is 6.35. The smallest absolute Gasteiger partial charge is 0.409 e. The molecule has 5 rings (SSSR count). The molecule has 3 aliphatic rings. The zero-order valence-corrected chi connectivity index (χ0v) is 28.1. The highest BCUT2D eigenvalue weighted by Gasteiger charge is 2.64. The number of epoxide rings is 1. The molecular formula is C35H41ClN2O9. The summed E-state index contributed by atoms with van der Waals surface area (Å²) in [5.74, 6) is -1.06. The zero-order chi connectivity index (χ0) is 34.1. The Kier molecular flexibility index (Phi) is 10.0. The molecule has 12 heteroatoms. The lowest BCUT2D eigenvalue weighted by molar-refractivity contribution is -0.142. The number of aliphatic hydroxyl groups is 1. The minimum atomic E-state index is -1.79. The van der Waals surface area contributed by atoms with Crippen molar-refractivity contribution >= 4 is 35.3 Å². The van der Waals surface area contributed by atoms with Crippen LogP contribution in [0.4, 0.5) is 10.5 Å². The lowest BCUT2D eigenvalue weighted by atomic mass is 9.83. The van der Waals surface area contributed by atoms with Gasteiger partial charge in [-0.25, -0.2) is 9.59 Å². The number of hydrogen-bond acceptors (Lipinski definition) is 9. The van der Waals surface area contributed by atoms with Crippen molar-refractivity contribution in [3.05, 3.63) is 82.4 Å². The predicted octanol–water partition coefficient (Wildman–Crippen LogP) is 4.98. The van der Waals surface area contributed by atoms with Crippen LogP contribution in [0.3, 0.4) is 0 Å². The highest BCUT2D eigenvalue weighted by atomic mass is 35.5. The fraction of sp³-hybridized carbons (Fsp3) is 0.457. The fourth-order valence-electron chi connectivity index (χ4n) is 6.38. The average Bonchev–Trinajstić information content (AvgIpc) is 3.74. The van der Waals surface area contributed by atoms with Crippen LogP contribution in [0.5, 0.6) is 5.75 Å². The molecule has 2 aromatic rings. The first-order valence-corrected chi connectivity index (χ1v) is 15.8. The van der Waals surface area contributed by atoms with Crippen LogP contribution in [0.2, 0.25) is 5.02 Å². The third-order valence-electron chi connectivity index (χ3n) is 9.21. The van der Waals surface area contributed by atoms with Crippen molar-refractivity contribution in [1.29, 1.82) is 0 Å². The van der Waals surface area contributed by atoms with Crippen molar-refractivity contribution in [3.63, 3.8) is 0 Å². The fourth-order valence-corrected chi connectivity index (χ4v) is 6.69. The molecule has 2 saturated heterocycles. The number of esters is 1. The first-order valence-electron chi connectivity index (χ1n) is 15.4.